The molecule has 0 aliphatic carbocycles. The van der Waals surface area contributed by atoms with Crippen molar-refractivity contribution in [2.45, 2.75) is 46.6 Å². The van der Waals surface area contributed by atoms with Gasteiger partial charge in [-0.3, -0.25) is 4.79 Å². The summed E-state index contributed by atoms with van der Waals surface area (Å²) >= 11 is 0. The van der Waals surface area contributed by atoms with Gasteiger partial charge in [0.05, 0.1) is 12.7 Å². The molecule has 1 atom stereocenters. The zero-order valence-electron chi connectivity index (χ0n) is 9.17. The predicted octanol–water partition coefficient (Wildman–Crippen LogP) is 1.78. The second-order valence-electron chi connectivity index (χ2n) is 2.75. The van der Waals surface area contributed by atoms with Crippen LogP contribution >= 0.6 is 0 Å². The summed E-state index contributed by atoms with van der Waals surface area (Å²) in [6, 6.07) is 0. The molecular weight excluding hydrogens is 168 g/mol. The average molecular weight is 190 g/mol. The van der Waals surface area contributed by atoms with Crippen LogP contribution < -0.4 is 0 Å². The van der Waals surface area contributed by atoms with E-state index in [-0.39, 0.29) is 6.10 Å². The Morgan fingerprint density at radius 1 is 1.31 bits per heavy atom. The van der Waals surface area contributed by atoms with Gasteiger partial charge in [0.2, 0.25) is 0 Å². The van der Waals surface area contributed by atoms with Crippen LogP contribution in [-0.2, 0) is 9.53 Å². The van der Waals surface area contributed by atoms with Crippen molar-refractivity contribution in [2.24, 2.45) is 0 Å². The third-order valence-electron chi connectivity index (χ3n) is 1.35. The van der Waals surface area contributed by atoms with Crippen LogP contribution in [0.2, 0.25) is 0 Å². The molecule has 0 aliphatic heterocycles. The van der Waals surface area contributed by atoms with E-state index in [4.69, 9.17) is 9.84 Å². The van der Waals surface area contributed by atoms with Crippen molar-refractivity contribution >= 4 is 5.78 Å². The Balaban J connectivity index is 0. The fourth-order valence-corrected chi connectivity index (χ4v) is 0.538. The van der Waals surface area contributed by atoms with Crippen LogP contribution in [0.3, 0.4) is 0 Å². The zero-order valence-corrected chi connectivity index (χ0v) is 9.17. The summed E-state index contributed by atoms with van der Waals surface area (Å²) in [7, 11) is 0. The monoisotopic (exact) mass is 190 g/mol. The molecule has 0 fully saturated rings. The molecule has 0 rings (SSSR count). The highest BCUT2D eigenvalue weighted by molar-refractivity contribution is 5.77. The Bertz CT molecular complexity index is 105. The molecule has 1 unspecified atom stereocenters. The van der Waals surface area contributed by atoms with E-state index in [1.165, 1.54) is 0 Å². The lowest BCUT2D eigenvalue weighted by atomic mass is 10.3. The number of ketones is 1. The third-order valence-corrected chi connectivity index (χ3v) is 1.35. The first-order valence-corrected chi connectivity index (χ1v) is 4.85. The normalized spacial score (nSPS) is 11.5. The molecule has 0 bridgehead atoms. The second-order valence-corrected chi connectivity index (χ2v) is 2.75. The van der Waals surface area contributed by atoms with Crippen molar-refractivity contribution in [3.8, 4) is 0 Å². The Labute approximate surface area is 81.1 Å². The van der Waals surface area contributed by atoms with Gasteiger partial charge in [-0.1, -0.05) is 13.8 Å². The summed E-state index contributed by atoms with van der Waals surface area (Å²) < 4.78 is 4.84. The number of carbonyl (C=O) groups is 1. The molecule has 1 N–H and O–H groups in total. The molecule has 0 aromatic rings. The van der Waals surface area contributed by atoms with Gasteiger partial charge in [0, 0.05) is 19.4 Å². The maximum Gasteiger partial charge on any atom is 0.132 e. The Morgan fingerprint density at radius 2 is 1.77 bits per heavy atom. The lowest BCUT2D eigenvalue weighted by Crippen LogP contribution is -2.09. The van der Waals surface area contributed by atoms with Crippen molar-refractivity contribution in [1.29, 1.82) is 0 Å². The third kappa shape index (κ3) is 18.5. The number of ether oxygens (including phenoxy) is 1. The maximum absolute atomic E-state index is 10.2. The second kappa shape index (κ2) is 11.6. The SMILES string of the molecule is CCC(=O)CC.CCOCC(C)O. The summed E-state index contributed by atoms with van der Waals surface area (Å²) in [5.74, 6) is 0.343. The summed E-state index contributed by atoms with van der Waals surface area (Å²) in [5.41, 5.74) is 0. The Morgan fingerprint density at radius 3 is 1.85 bits per heavy atom. The Hall–Kier alpha value is -0.410. The van der Waals surface area contributed by atoms with Crippen LogP contribution in [0.25, 0.3) is 0 Å². The predicted molar refractivity (Wildman–Crippen MR) is 53.8 cm³/mol. The zero-order chi connectivity index (χ0) is 10.7. The number of carbonyl (C=O) groups excluding carboxylic acids is 1. The molecule has 0 aromatic carbocycles. The highest BCUT2D eigenvalue weighted by Gasteiger charge is 1.90. The molecule has 0 radical (unpaired) electrons. The molecule has 0 amide bonds. The summed E-state index contributed by atoms with van der Waals surface area (Å²) in [6.07, 6.45) is 1.06. The highest BCUT2D eigenvalue weighted by atomic mass is 16.5. The number of Topliss-reactive ketones (excluding diaryl/α,β-unsaturated/α-hetero) is 1. The summed E-state index contributed by atoms with van der Waals surface area (Å²) in [4.78, 5) is 10.2. The first kappa shape index (κ1) is 15.1. The van der Waals surface area contributed by atoms with Gasteiger partial charge in [0.25, 0.3) is 0 Å². The van der Waals surface area contributed by atoms with Crippen molar-refractivity contribution < 1.29 is 14.6 Å². The van der Waals surface area contributed by atoms with Gasteiger partial charge in [0.1, 0.15) is 5.78 Å². The molecular formula is C10H22O3. The smallest absolute Gasteiger partial charge is 0.132 e. The van der Waals surface area contributed by atoms with E-state index in [1.807, 2.05) is 20.8 Å². The lowest BCUT2D eigenvalue weighted by Gasteiger charge is -2.00. The van der Waals surface area contributed by atoms with Crippen LogP contribution in [0, 0.1) is 0 Å². The number of rotatable bonds is 5. The summed E-state index contributed by atoms with van der Waals surface area (Å²) in [5, 5.41) is 8.56. The number of aliphatic hydroxyl groups excluding tert-OH is 1. The van der Waals surface area contributed by atoms with Gasteiger partial charge in [-0.15, -0.1) is 0 Å². The topological polar surface area (TPSA) is 46.5 Å². The molecule has 80 valence electrons. The van der Waals surface area contributed by atoms with Gasteiger partial charge in [-0.25, -0.2) is 0 Å². The van der Waals surface area contributed by atoms with E-state index in [1.54, 1.807) is 6.92 Å². The maximum atomic E-state index is 10.2. The van der Waals surface area contributed by atoms with Crippen molar-refractivity contribution in [1.82, 2.24) is 0 Å². The quantitative estimate of drug-likeness (QED) is 0.718. The van der Waals surface area contributed by atoms with Crippen LogP contribution in [0.5, 0.6) is 0 Å². The molecule has 0 saturated carbocycles. The van der Waals surface area contributed by atoms with Gasteiger partial charge in [-0.2, -0.15) is 0 Å². The first-order valence-electron chi connectivity index (χ1n) is 4.85. The minimum absolute atomic E-state index is 0.319. The van der Waals surface area contributed by atoms with E-state index < -0.39 is 0 Å². The highest BCUT2D eigenvalue weighted by Crippen LogP contribution is 1.83. The molecule has 0 aliphatic rings. The lowest BCUT2D eigenvalue weighted by molar-refractivity contribution is -0.118. The molecule has 3 heteroatoms. The summed E-state index contributed by atoms with van der Waals surface area (Å²) in [6.45, 7) is 8.51. The molecule has 0 saturated heterocycles. The average Bonchev–Trinajstić information content (AvgIpc) is 2.14. The van der Waals surface area contributed by atoms with Gasteiger partial charge < -0.3 is 9.84 Å². The molecule has 13 heavy (non-hydrogen) atoms. The molecule has 0 spiro atoms. The van der Waals surface area contributed by atoms with Crippen molar-refractivity contribution in [3.05, 3.63) is 0 Å². The van der Waals surface area contributed by atoms with Crippen LogP contribution in [-0.4, -0.2) is 30.2 Å². The van der Waals surface area contributed by atoms with E-state index in [0.29, 0.717) is 31.8 Å². The van der Waals surface area contributed by atoms with Crippen LogP contribution in [0.15, 0.2) is 0 Å². The standard InChI is InChI=1S/C5H12O2.C5H10O/c1-3-7-4-5(2)6;1-3-5(6)4-2/h5-6H,3-4H2,1-2H3;3-4H2,1-2H3. The number of aliphatic hydroxyl groups is 1. The van der Waals surface area contributed by atoms with E-state index >= 15 is 0 Å². The molecule has 0 aromatic heterocycles. The molecule has 3 nitrogen and oxygen atoms in total. The van der Waals surface area contributed by atoms with E-state index in [2.05, 4.69) is 0 Å². The fourth-order valence-electron chi connectivity index (χ4n) is 0.538. The van der Waals surface area contributed by atoms with Crippen molar-refractivity contribution in [3.63, 3.8) is 0 Å². The van der Waals surface area contributed by atoms with Gasteiger partial charge >= 0.3 is 0 Å². The van der Waals surface area contributed by atoms with E-state index in [9.17, 15) is 4.79 Å². The van der Waals surface area contributed by atoms with Gasteiger partial charge in [-0.05, 0) is 13.8 Å². The van der Waals surface area contributed by atoms with Crippen LogP contribution in [0.4, 0.5) is 0 Å². The Kier molecular flexibility index (Phi) is 13.4. The number of hydrogen-bond donors (Lipinski definition) is 1. The largest absolute Gasteiger partial charge is 0.391 e. The van der Waals surface area contributed by atoms with E-state index in [0.717, 1.165) is 0 Å². The number of hydrogen-bond acceptors (Lipinski definition) is 3. The first-order chi connectivity index (χ1) is 6.08. The molecule has 0 heterocycles. The minimum atomic E-state index is -0.319. The fraction of sp³-hybridized carbons (Fsp3) is 0.900. The van der Waals surface area contributed by atoms with Gasteiger partial charge in [0.15, 0.2) is 0 Å². The van der Waals surface area contributed by atoms with Crippen LogP contribution in [0.1, 0.15) is 40.5 Å². The minimum Gasteiger partial charge on any atom is -0.391 e. The van der Waals surface area contributed by atoms with Crippen molar-refractivity contribution in [2.75, 3.05) is 13.2 Å².